The molecule has 0 spiro atoms. The summed E-state index contributed by atoms with van der Waals surface area (Å²) in [7, 11) is 0. The molecule has 1 fully saturated rings. The summed E-state index contributed by atoms with van der Waals surface area (Å²) in [4.78, 5) is 0. The molecular formula is C9H19ClO2W. The Morgan fingerprint density at radius 2 is 1.85 bits per heavy atom. The molecular weight excluding hydrogens is 359 g/mol. The second-order valence-corrected chi connectivity index (χ2v) is 4.02. The van der Waals surface area contributed by atoms with E-state index in [1.54, 1.807) is 0 Å². The summed E-state index contributed by atoms with van der Waals surface area (Å²) in [5.41, 5.74) is 0.585. The molecule has 0 heterocycles. The first-order chi connectivity index (χ1) is 5.70. The van der Waals surface area contributed by atoms with Crippen molar-refractivity contribution in [3.05, 3.63) is 0 Å². The zero-order valence-electron chi connectivity index (χ0n) is 8.29. The van der Waals surface area contributed by atoms with Crippen molar-refractivity contribution in [1.29, 1.82) is 0 Å². The SMILES string of the molecule is CCCC1(C)CC(CO)C1.OCl.[W]. The first kappa shape index (κ1) is 16.3. The monoisotopic (exact) mass is 378 g/mol. The van der Waals surface area contributed by atoms with Gasteiger partial charge in [-0.25, -0.2) is 0 Å². The van der Waals surface area contributed by atoms with Crippen LogP contribution in [0.5, 0.6) is 0 Å². The van der Waals surface area contributed by atoms with E-state index >= 15 is 0 Å². The third kappa shape index (κ3) is 5.36. The third-order valence-electron chi connectivity index (χ3n) is 2.67. The fourth-order valence-corrected chi connectivity index (χ4v) is 2.27. The van der Waals surface area contributed by atoms with Crippen LogP contribution in [0, 0.1) is 11.3 Å². The van der Waals surface area contributed by atoms with Crippen molar-refractivity contribution in [2.24, 2.45) is 11.3 Å². The summed E-state index contributed by atoms with van der Waals surface area (Å²) in [5, 5.41) is 8.79. The van der Waals surface area contributed by atoms with Gasteiger partial charge in [0.05, 0.1) is 11.9 Å². The van der Waals surface area contributed by atoms with Crippen LogP contribution in [0.15, 0.2) is 0 Å². The zero-order valence-corrected chi connectivity index (χ0v) is 12.0. The average Bonchev–Trinajstić information content (AvgIpc) is 2.04. The molecule has 2 nitrogen and oxygen atoms in total. The van der Waals surface area contributed by atoms with E-state index in [1.165, 1.54) is 25.7 Å². The van der Waals surface area contributed by atoms with Crippen molar-refractivity contribution in [2.75, 3.05) is 6.61 Å². The molecule has 0 radical (unpaired) electrons. The predicted octanol–water partition coefficient (Wildman–Crippen LogP) is 2.33. The summed E-state index contributed by atoms with van der Waals surface area (Å²) in [6.45, 7) is 4.97. The number of hydrogen-bond donors (Lipinski definition) is 2. The normalized spacial score (nSPS) is 30.7. The van der Waals surface area contributed by atoms with Crippen molar-refractivity contribution in [3.63, 3.8) is 0 Å². The van der Waals surface area contributed by atoms with Gasteiger partial charge >= 0.3 is 0 Å². The number of aliphatic hydroxyl groups excluding tert-OH is 1. The second-order valence-electron chi connectivity index (χ2n) is 4.02. The number of rotatable bonds is 3. The largest absolute Gasteiger partial charge is 0.396 e. The van der Waals surface area contributed by atoms with E-state index in [0.29, 0.717) is 17.9 Å². The van der Waals surface area contributed by atoms with Crippen LogP contribution in [0.25, 0.3) is 0 Å². The standard InChI is InChI=1S/C9H18O.ClHO.W/c1-3-4-9(2)5-8(6-9)7-10;1-2;/h8,10H,3-7H2,1-2H3;2H;. The van der Waals surface area contributed by atoms with Gasteiger partial charge in [0, 0.05) is 27.7 Å². The topological polar surface area (TPSA) is 40.5 Å². The van der Waals surface area contributed by atoms with Gasteiger partial charge < -0.3 is 5.11 Å². The molecule has 1 aliphatic rings. The Kier molecular flexibility index (Phi) is 10.3. The molecule has 1 saturated carbocycles. The molecule has 4 heteroatoms. The molecule has 0 aromatic heterocycles. The Morgan fingerprint density at radius 3 is 2.15 bits per heavy atom. The Balaban J connectivity index is 0. The van der Waals surface area contributed by atoms with Crippen LogP contribution in [0.3, 0.4) is 0 Å². The van der Waals surface area contributed by atoms with E-state index in [2.05, 4.69) is 25.7 Å². The van der Waals surface area contributed by atoms with Crippen LogP contribution < -0.4 is 0 Å². The minimum absolute atomic E-state index is 0. The first-order valence-electron chi connectivity index (χ1n) is 4.48. The summed E-state index contributed by atoms with van der Waals surface area (Å²) < 4.78 is 6.47. The van der Waals surface area contributed by atoms with E-state index in [1.807, 2.05) is 0 Å². The van der Waals surface area contributed by atoms with Crippen LogP contribution in [-0.4, -0.2) is 16.4 Å². The Morgan fingerprint density at radius 1 is 1.38 bits per heavy atom. The smallest absolute Gasteiger partial charge is 0.0579 e. The van der Waals surface area contributed by atoms with Gasteiger partial charge in [-0.2, -0.15) is 0 Å². The Hall–Kier alpha value is 0.898. The van der Waals surface area contributed by atoms with Crippen molar-refractivity contribution in [2.45, 2.75) is 39.5 Å². The maximum absolute atomic E-state index is 8.79. The number of aliphatic hydroxyl groups is 1. The molecule has 0 amide bonds. The fourth-order valence-electron chi connectivity index (χ4n) is 2.27. The van der Waals surface area contributed by atoms with Crippen molar-refractivity contribution in [3.8, 4) is 0 Å². The third-order valence-corrected chi connectivity index (χ3v) is 2.67. The maximum atomic E-state index is 8.79. The first-order valence-corrected chi connectivity index (χ1v) is 4.82. The quantitative estimate of drug-likeness (QED) is 0.791. The van der Waals surface area contributed by atoms with Crippen molar-refractivity contribution >= 4 is 11.9 Å². The summed E-state index contributed by atoms with van der Waals surface area (Å²) in [5.74, 6) is 0.622. The molecule has 1 rings (SSSR count). The predicted molar refractivity (Wildman–Crippen MR) is 50.9 cm³/mol. The van der Waals surface area contributed by atoms with E-state index in [-0.39, 0.29) is 21.1 Å². The van der Waals surface area contributed by atoms with Gasteiger partial charge in [-0.1, -0.05) is 20.3 Å². The van der Waals surface area contributed by atoms with Gasteiger partial charge in [0.15, 0.2) is 0 Å². The number of hydrogen-bond acceptors (Lipinski definition) is 2. The molecule has 0 atom stereocenters. The van der Waals surface area contributed by atoms with Crippen molar-refractivity contribution < 1.29 is 30.8 Å². The molecule has 80 valence electrons. The van der Waals surface area contributed by atoms with Gasteiger partial charge in [0.1, 0.15) is 0 Å². The van der Waals surface area contributed by atoms with Gasteiger partial charge in [-0.05, 0) is 30.6 Å². The van der Waals surface area contributed by atoms with E-state index in [9.17, 15) is 0 Å². The summed E-state index contributed by atoms with van der Waals surface area (Å²) in [6.07, 6.45) is 5.12. The van der Waals surface area contributed by atoms with Crippen LogP contribution in [0.4, 0.5) is 0 Å². The minimum Gasteiger partial charge on any atom is -0.396 e. The molecule has 0 aromatic carbocycles. The zero-order chi connectivity index (χ0) is 9.61. The van der Waals surface area contributed by atoms with Crippen LogP contribution in [-0.2, 0) is 21.1 Å². The van der Waals surface area contributed by atoms with E-state index < -0.39 is 0 Å². The molecule has 0 bridgehead atoms. The van der Waals surface area contributed by atoms with Gasteiger partial charge in [-0.15, -0.1) is 0 Å². The van der Waals surface area contributed by atoms with Crippen molar-refractivity contribution in [1.82, 2.24) is 0 Å². The molecule has 1 aliphatic carbocycles. The van der Waals surface area contributed by atoms with Crippen LogP contribution in [0.2, 0.25) is 0 Å². The van der Waals surface area contributed by atoms with Crippen LogP contribution >= 0.6 is 11.9 Å². The molecule has 0 aromatic rings. The van der Waals surface area contributed by atoms with E-state index in [4.69, 9.17) is 9.77 Å². The molecule has 13 heavy (non-hydrogen) atoms. The summed E-state index contributed by atoms with van der Waals surface area (Å²) >= 11 is 3.64. The molecule has 2 N–H and O–H groups in total. The minimum atomic E-state index is 0. The van der Waals surface area contributed by atoms with E-state index in [0.717, 1.165) is 0 Å². The average molecular weight is 379 g/mol. The second kappa shape index (κ2) is 8.23. The fraction of sp³-hybridized carbons (Fsp3) is 1.00. The Bertz CT molecular complexity index is 116. The number of halogens is 1. The Labute approximate surface area is 100 Å². The molecule has 0 saturated heterocycles. The van der Waals surface area contributed by atoms with Crippen LogP contribution in [0.1, 0.15) is 39.5 Å². The molecule has 0 aliphatic heterocycles. The summed E-state index contributed by atoms with van der Waals surface area (Å²) in [6, 6.07) is 0. The molecule has 0 unspecified atom stereocenters. The van der Waals surface area contributed by atoms with Gasteiger partial charge in [-0.3, -0.25) is 4.66 Å². The maximum Gasteiger partial charge on any atom is 0.0579 e. The van der Waals surface area contributed by atoms with Gasteiger partial charge in [0.2, 0.25) is 0 Å². The van der Waals surface area contributed by atoms with Gasteiger partial charge in [0.25, 0.3) is 0 Å².